The Kier molecular flexibility index (Phi) is 2.41. The van der Waals surface area contributed by atoms with Crippen molar-refractivity contribution in [2.45, 2.75) is 6.29 Å². The summed E-state index contributed by atoms with van der Waals surface area (Å²) in [6.07, 6.45) is -0.582. The molecule has 4 nitrogen and oxygen atoms in total. The van der Waals surface area contributed by atoms with E-state index in [-0.39, 0.29) is 5.56 Å². The molecule has 3 rings (SSSR count). The highest BCUT2D eigenvalue weighted by Gasteiger charge is 2.29. The van der Waals surface area contributed by atoms with Crippen LogP contribution in [-0.2, 0) is 0 Å². The van der Waals surface area contributed by atoms with Crippen LogP contribution in [0.2, 0.25) is 0 Å². The highest BCUT2D eigenvalue weighted by molar-refractivity contribution is 5.92. The van der Waals surface area contributed by atoms with Gasteiger partial charge in [-0.1, -0.05) is 36.4 Å². The van der Waals surface area contributed by atoms with E-state index >= 15 is 0 Å². The average Bonchev–Trinajstić information content (AvgIpc) is 2.83. The first-order valence-electron chi connectivity index (χ1n) is 5.50. The van der Waals surface area contributed by atoms with Crippen LogP contribution >= 0.6 is 0 Å². The molecular weight excluding hydrogens is 232 g/mol. The normalized spacial score (nSPS) is 16.6. The minimum Gasteiger partial charge on any atom is -0.478 e. The van der Waals surface area contributed by atoms with Gasteiger partial charge in [-0.2, -0.15) is 0 Å². The Morgan fingerprint density at radius 2 is 1.78 bits per heavy atom. The summed E-state index contributed by atoms with van der Waals surface area (Å²) in [5, 5.41) is 9.07. The fourth-order valence-electron chi connectivity index (χ4n) is 1.89. The summed E-state index contributed by atoms with van der Waals surface area (Å²) in [4.78, 5) is 11.1. The molecule has 1 heterocycles. The van der Waals surface area contributed by atoms with Crippen LogP contribution in [0.4, 0.5) is 0 Å². The van der Waals surface area contributed by atoms with Crippen LogP contribution in [0.15, 0.2) is 48.5 Å². The van der Waals surface area contributed by atoms with Crippen molar-refractivity contribution in [3.05, 3.63) is 59.7 Å². The number of carboxylic acids is 1. The molecule has 1 atom stereocenters. The third-order valence-electron chi connectivity index (χ3n) is 2.74. The molecule has 4 heteroatoms. The van der Waals surface area contributed by atoms with Gasteiger partial charge in [-0.3, -0.25) is 0 Å². The van der Waals surface area contributed by atoms with Crippen LogP contribution in [0, 0.1) is 0 Å². The van der Waals surface area contributed by atoms with Crippen LogP contribution in [0.5, 0.6) is 11.5 Å². The predicted molar refractivity (Wildman–Crippen MR) is 63.8 cm³/mol. The van der Waals surface area contributed by atoms with Gasteiger partial charge in [0.1, 0.15) is 5.56 Å². The number of hydrogen-bond acceptors (Lipinski definition) is 3. The summed E-state index contributed by atoms with van der Waals surface area (Å²) in [5.41, 5.74) is 0.968. The Bertz CT molecular complexity index is 592. The van der Waals surface area contributed by atoms with E-state index in [1.807, 2.05) is 30.3 Å². The highest BCUT2D eigenvalue weighted by Crippen LogP contribution is 2.42. The van der Waals surface area contributed by atoms with Crippen molar-refractivity contribution in [3.8, 4) is 11.5 Å². The molecule has 1 N–H and O–H groups in total. The van der Waals surface area contributed by atoms with E-state index in [0.717, 1.165) is 5.56 Å². The molecule has 0 fully saturated rings. The Labute approximate surface area is 103 Å². The minimum absolute atomic E-state index is 0.117. The van der Waals surface area contributed by atoms with Crippen LogP contribution in [-0.4, -0.2) is 11.1 Å². The van der Waals surface area contributed by atoms with E-state index in [9.17, 15) is 4.79 Å². The van der Waals surface area contributed by atoms with Gasteiger partial charge in [-0.05, 0) is 12.1 Å². The molecule has 90 valence electrons. The molecule has 1 aliphatic rings. The molecule has 2 aromatic carbocycles. The van der Waals surface area contributed by atoms with Crippen molar-refractivity contribution in [2.24, 2.45) is 0 Å². The summed E-state index contributed by atoms with van der Waals surface area (Å²) < 4.78 is 11.2. The lowest BCUT2D eigenvalue weighted by Gasteiger charge is -2.09. The smallest absolute Gasteiger partial charge is 0.339 e. The zero-order valence-electron chi connectivity index (χ0n) is 9.37. The summed E-state index contributed by atoms with van der Waals surface area (Å²) in [6.45, 7) is 0. The minimum atomic E-state index is -1.02. The van der Waals surface area contributed by atoms with Crippen molar-refractivity contribution in [2.75, 3.05) is 0 Å². The number of fused-ring (bicyclic) bond motifs is 1. The van der Waals surface area contributed by atoms with E-state index in [4.69, 9.17) is 14.6 Å². The van der Waals surface area contributed by atoms with Gasteiger partial charge in [0.25, 0.3) is 6.29 Å². The first kappa shape index (κ1) is 10.7. The number of carboxylic acid groups (broad SMARTS) is 1. The monoisotopic (exact) mass is 242 g/mol. The number of aromatic carboxylic acids is 1. The Balaban J connectivity index is 1.97. The van der Waals surface area contributed by atoms with Crippen molar-refractivity contribution in [1.29, 1.82) is 0 Å². The van der Waals surface area contributed by atoms with Gasteiger partial charge in [0.2, 0.25) is 0 Å². The van der Waals surface area contributed by atoms with E-state index in [0.29, 0.717) is 11.5 Å². The lowest BCUT2D eigenvalue weighted by molar-refractivity contribution is 0.0471. The largest absolute Gasteiger partial charge is 0.478 e. The first-order chi connectivity index (χ1) is 8.75. The number of ether oxygens (including phenoxy) is 2. The van der Waals surface area contributed by atoms with Crippen LogP contribution in [0.3, 0.4) is 0 Å². The fraction of sp³-hybridized carbons (Fsp3) is 0.0714. The second kappa shape index (κ2) is 4.07. The van der Waals surface area contributed by atoms with Gasteiger partial charge in [0, 0.05) is 5.56 Å². The van der Waals surface area contributed by atoms with Crippen molar-refractivity contribution < 1.29 is 19.4 Å². The molecule has 0 saturated carbocycles. The van der Waals surface area contributed by atoms with E-state index in [2.05, 4.69) is 0 Å². The topological polar surface area (TPSA) is 55.8 Å². The van der Waals surface area contributed by atoms with Crippen LogP contribution < -0.4 is 9.47 Å². The molecule has 0 unspecified atom stereocenters. The van der Waals surface area contributed by atoms with Gasteiger partial charge in [0.15, 0.2) is 11.5 Å². The maximum Gasteiger partial charge on any atom is 0.339 e. The Morgan fingerprint density at radius 1 is 1.00 bits per heavy atom. The highest BCUT2D eigenvalue weighted by atomic mass is 16.7. The third-order valence-corrected chi connectivity index (χ3v) is 2.74. The molecule has 0 aromatic heterocycles. The second-order valence-electron chi connectivity index (χ2n) is 3.92. The molecule has 0 saturated heterocycles. The quantitative estimate of drug-likeness (QED) is 0.879. The van der Waals surface area contributed by atoms with E-state index in [1.165, 1.54) is 6.07 Å². The maximum absolute atomic E-state index is 11.1. The molecule has 0 amide bonds. The summed E-state index contributed by atoms with van der Waals surface area (Å²) in [5.74, 6) is -0.272. The van der Waals surface area contributed by atoms with Crippen molar-refractivity contribution >= 4 is 5.97 Å². The SMILES string of the molecule is O=C(O)c1cccc2c1O[C@H](c1ccccc1)O2. The molecule has 1 aliphatic heterocycles. The van der Waals surface area contributed by atoms with E-state index < -0.39 is 12.3 Å². The summed E-state index contributed by atoms with van der Waals surface area (Å²) in [7, 11) is 0. The van der Waals surface area contributed by atoms with Gasteiger partial charge >= 0.3 is 5.97 Å². The van der Waals surface area contributed by atoms with Crippen LogP contribution in [0.1, 0.15) is 22.2 Å². The molecule has 2 aromatic rings. The van der Waals surface area contributed by atoms with Crippen molar-refractivity contribution in [3.63, 3.8) is 0 Å². The van der Waals surface area contributed by atoms with Crippen LogP contribution in [0.25, 0.3) is 0 Å². The molecule has 0 radical (unpaired) electrons. The van der Waals surface area contributed by atoms with Crippen molar-refractivity contribution in [1.82, 2.24) is 0 Å². The average molecular weight is 242 g/mol. The zero-order valence-corrected chi connectivity index (χ0v) is 9.37. The van der Waals surface area contributed by atoms with Gasteiger partial charge < -0.3 is 14.6 Å². The fourth-order valence-corrected chi connectivity index (χ4v) is 1.89. The summed E-state index contributed by atoms with van der Waals surface area (Å²) in [6, 6.07) is 14.2. The maximum atomic E-state index is 11.1. The first-order valence-corrected chi connectivity index (χ1v) is 5.50. The molecule has 0 spiro atoms. The molecule has 18 heavy (non-hydrogen) atoms. The number of rotatable bonds is 2. The lowest BCUT2D eigenvalue weighted by Crippen LogP contribution is -2.08. The third kappa shape index (κ3) is 1.68. The standard InChI is InChI=1S/C14H10O4/c15-13(16)10-7-4-8-11-12(10)18-14(17-11)9-5-2-1-3-6-9/h1-8,14H,(H,15,16)/t14-/m1/s1. The van der Waals surface area contributed by atoms with Gasteiger partial charge in [0.05, 0.1) is 0 Å². The zero-order chi connectivity index (χ0) is 12.5. The lowest BCUT2D eigenvalue weighted by atomic mass is 10.2. The molecule has 0 bridgehead atoms. The predicted octanol–water partition coefficient (Wildman–Crippen LogP) is 2.85. The number of para-hydroxylation sites is 1. The number of carbonyl (C=O) groups is 1. The van der Waals surface area contributed by atoms with E-state index in [1.54, 1.807) is 12.1 Å². The number of hydrogen-bond donors (Lipinski definition) is 1. The Morgan fingerprint density at radius 3 is 2.50 bits per heavy atom. The Hall–Kier alpha value is -2.49. The molecule has 0 aliphatic carbocycles. The second-order valence-corrected chi connectivity index (χ2v) is 3.92. The molecular formula is C14H10O4. The van der Waals surface area contributed by atoms with Gasteiger partial charge in [-0.15, -0.1) is 0 Å². The van der Waals surface area contributed by atoms with Gasteiger partial charge in [-0.25, -0.2) is 4.79 Å². The summed E-state index contributed by atoms with van der Waals surface area (Å²) >= 11 is 0. The number of benzene rings is 2.